The Bertz CT molecular complexity index is 399. The summed E-state index contributed by atoms with van der Waals surface area (Å²) in [5, 5.41) is 0. The molecule has 1 heterocycles. The lowest BCUT2D eigenvalue weighted by Crippen LogP contribution is -1.96. The maximum atomic E-state index is 4.31. The van der Waals surface area contributed by atoms with Gasteiger partial charge in [-0.25, -0.2) is 0 Å². The predicted molar refractivity (Wildman–Crippen MR) is 66.1 cm³/mol. The van der Waals surface area contributed by atoms with Gasteiger partial charge < -0.3 is 0 Å². The largest absolute Gasteiger partial charge is 0.261 e. The van der Waals surface area contributed by atoms with Crippen molar-refractivity contribution in [2.75, 3.05) is 0 Å². The van der Waals surface area contributed by atoms with E-state index in [9.17, 15) is 0 Å². The number of rotatable bonds is 3. The summed E-state index contributed by atoms with van der Waals surface area (Å²) in [5.41, 5.74) is 2.41. The smallest absolute Gasteiger partial charge is 0.0450 e. The van der Waals surface area contributed by atoms with Crippen molar-refractivity contribution in [3.63, 3.8) is 0 Å². The highest BCUT2D eigenvalue weighted by atomic mass is 79.9. The van der Waals surface area contributed by atoms with Gasteiger partial charge in [-0.2, -0.15) is 0 Å². The molecule has 0 saturated carbocycles. The Hall–Kier alpha value is -1.15. The zero-order chi connectivity index (χ0) is 10.5. The van der Waals surface area contributed by atoms with Crippen LogP contribution >= 0.6 is 15.9 Å². The van der Waals surface area contributed by atoms with Gasteiger partial charge in [0.1, 0.15) is 0 Å². The third kappa shape index (κ3) is 2.90. The van der Waals surface area contributed by atoms with E-state index >= 15 is 0 Å². The van der Waals surface area contributed by atoms with Crippen molar-refractivity contribution in [1.82, 2.24) is 4.98 Å². The number of pyridine rings is 1. The molecule has 1 aromatic heterocycles. The lowest BCUT2D eigenvalue weighted by molar-refractivity contribution is 0.905. The van der Waals surface area contributed by atoms with Crippen molar-refractivity contribution < 1.29 is 0 Å². The standard InChI is InChI=1S/C13H12BrN/c14-13(11-6-2-1-3-7-11)10-12-8-4-5-9-15-12/h1-9,13H,10H2. The second kappa shape index (κ2) is 5.08. The summed E-state index contributed by atoms with van der Waals surface area (Å²) in [7, 11) is 0. The molecule has 0 N–H and O–H groups in total. The van der Waals surface area contributed by atoms with Gasteiger partial charge in [0.25, 0.3) is 0 Å². The van der Waals surface area contributed by atoms with Gasteiger partial charge >= 0.3 is 0 Å². The first-order valence-electron chi connectivity index (χ1n) is 4.95. The molecule has 1 nitrogen and oxygen atoms in total. The van der Waals surface area contributed by atoms with Crippen molar-refractivity contribution in [2.24, 2.45) is 0 Å². The van der Waals surface area contributed by atoms with Crippen molar-refractivity contribution in [1.29, 1.82) is 0 Å². The van der Waals surface area contributed by atoms with Crippen LogP contribution in [0.4, 0.5) is 0 Å². The molecule has 1 aromatic carbocycles. The van der Waals surface area contributed by atoms with Crippen molar-refractivity contribution >= 4 is 15.9 Å². The normalized spacial score (nSPS) is 12.3. The Morgan fingerprint density at radius 3 is 2.40 bits per heavy atom. The molecular formula is C13H12BrN. The van der Waals surface area contributed by atoms with Crippen LogP contribution in [0.3, 0.4) is 0 Å². The van der Waals surface area contributed by atoms with Gasteiger partial charge in [-0.3, -0.25) is 4.98 Å². The third-order valence-electron chi connectivity index (χ3n) is 2.28. The minimum absolute atomic E-state index is 0.341. The Labute approximate surface area is 98.3 Å². The summed E-state index contributed by atoms with van der Waals surface area (Å²) < 4.78 is 0. The highest BCUT2D eigenvalue weighted by Gasteiger charge is 2.07. The molecule has 0 bridgehead atoms. The number of nitrogens with zero attached hydrogens (tertiary/aromatic N) is 1. The molecule has 2 rings (SSSR count). The highest BCUT2D eigenvalue weighted by Crippen LogP contribution is 2.25. The van der Waals surface area contributed by atoms with E-state index in [4.69, 9.17) is 0 Å². The van der Waals surface area contributed by atoms with Crippen LogP contribution in [0.25, 0.3) is 0 Å². The molecule has 0 spiro atoms. The molecule has 2 heteroatoms. The summed E-state index contributed by atoms with van der Waals surface area (Å²) in [4.78, 5) is 4.66. The van der Waals surface area contributed by atoms with Crippen molar-refractivity contribution in [2.45, 2.75) is 11.2 Å². The first-order valence-corrected chi connectivity index (χ1v) is 5.87. The van der Waals surface area contributed by atoms with E-state index in [0.29, 0.717) is 4.83 Å². The zero-order valence-electron chi connectivity index (χ0n) is 8.31. The summed E-state index contributed by atoms with van der Waals surface area (Å²) in [6.45, 7) is 0. The molecule has 0 fully saturated rings. The molecule has 0 saturated heterocycles. The molecule has 1 atom stereocenters. The predicted octanol–water partition coefficient (Wildman–Crippen LogP) is 3.76. The fourth-order valence-electron chi connectivity index (χ4n) is 1.48. The summed E-state index contributed by atoms with van der Waals surface area (Å²) in [5.74, 6) is 0. The highest BCUT2D eigenvalue weighted by molar-refractivity contribution is 9.09. The number of halogens is 1. The Kier molecular flexibility index (Phi) is 3.51. The van der Waals surface area contributed by atoms with Crippen LogP contribution < -0.4 is 0 Å². The maximum Gasteiger partial charge on any atom is 0.0450 e. The first-order chi connectivity index (χ1) is 7.36. The average Bonchev–Trinajstić information content (AvgIpc) is 2.31. The summed E-state index contributed by atoms with van der Waals surface area (Å²) >= 11 is 3.68. The van der Waals surface area contributed by atoms with Crippen LogP contribution in [0.1, 0.15) is 16.1 Å². The van der Waals surface area contributed by atoms with Crippen molar-refractivity contribution in [3.05, 3.63) is 66.0 Å². The van der Waals surface area contributed by atoms with E-state index in [1.807, 2.05) is 24.4 Å². The van der Waals surface area contributed by atoms with Crippen LogP contribution in [-0.2, 0) is 6.42 Å². The van der Waals surface area contributed by atoms with Crippen LogP contribution in [0.2, 0.25) is 0 Å². The van der Waals surface area contributed by atoms with E-state index in [0.717, 1.165) is 12.1 Å². The second-order valence-corrected chi connectivity index (χ2v) is 4.51. The molecule has 15 heavy (non-hydrogen) atoms. The van der Waals surface area contributed by atoms with Crippen LogP contribution in [0, 0.1) is 0 Å². The monoisotopic (exact) mass is 261 g/mol. The third-order valence-corrected chi connectivity index (χ3v) is 3.13. The lowest BCUT2D eigenvalue weighted by Gasteiger charge is -2.08. The Balaban J connectivity index is 2.08. The van der Waals surface area contributed by atoms with E-state index in [-0.39, 0.29) is 0 Å². The zero-order valence-corrected chi connectivity index (χ0v) is 9.89. The van der Waals surface area contributed by atoms with Crippen LogP contribution in [-0.4, -0.2) is 4.98 Å². The molecule has 0 aliphatic heterocycles. The minimum atomic E-state index is 0.341. The quantitative estimate of drug-likeness (QED) is 0.767. The topological polar surface area (TPSA) is 12.9 Å². The van der Waals surface area contributed by atoms with Gasteiger partial charge in [-0.15, -0.1) is 0 Å². The average molecular weight is 262 g/mol. The van der Waals surface area contributed by atoms with E-state index in [1.165, 1.54) is 5.56 Å². The maximum absolute atomic E-state index is 4.31. The molecule has 0 aliphatic rings. The summed E-state index contributed by atoms with van der Waals surface area (Å²) in [6, 6.07) is 16.4. The molecule has 76 valence electrons. The van der Waals surface area contributed by atoms with Gasteiger partial charge in [-0.1, -0.05) is 52.3 Å². The lowest BCUT2D eigenvalue weighted by atomic mass is 10.1. The molecule has 0 aliphatic carbocycles. The SMILES string of the molecule is BrC(Cc1ccccn1)c1ccccc1. The molecule has 0 radical (unpaired) electrons. The molecular weight excluding hydrogens is 250 g/mol. The van der Waals surface area contributed by atoms with Gasteiger partial charge in [0.2, 0.25) is 0 Å². The van der Waals surface area contributed by atoms with Crippen LogP contribution in [0.15, 0.2) is 54.7 Å². The van der Waals surface area contributed by atoms with E-state index in [2.05, 4.69) is 51.2 Å². The molecule has 1 unspecified atom stereocenters. The van der Waals surface area contributed by atoms with E-state index < -0.39 is 0 Å². The van der Waals surface area contributed by atoms with Crippen molar-refractivity contribution in [3.8, 4) is 0 Å². The fourth-order valence-corrected chi connectivity index (χ4v) is 2.12. The number of hydrogen-bond donors (Lipinski definition) is 0. The molecule has 0 amide bonds. The number of aromatic nitrogens is 1. The van der Waals surface area contributed by atoms with Gasteiger partial charge in [-0.05, 0) is 17.7 Å². The Morgan fingerprint density at radius 2 is 1.73 bits per heavy atom. The second-order valence-electron chi connectivity index (χ2n) is 3.40. The number of hydrogen-bond acceptors (Lipinski definition) is 1. The summed E-state index contributed by atoms with van der Waals surface area (Å²) in [6.07, 6.45) is 2.75. The Morgan fingerprint density at radius 1 is 1.00 bits per heavy atom. The first kappa shape index (κ1) is 10.4. The molecule has 2 aromatic rings. The fraction of sp³-hybridized carbons (Fsp3) is 0.154. The number of alkyl halides is 1. The minimum Gasteiger partial charge on any atom is -0.261 e. The van der Waals surface area contributed by atoms with Gasteiger partial charge in [0, 0.05) is 23.1 Å². The van der Waals surface area contributed by atoms with Gasteiger partial charge in [0.05, 0.1) is 0 Å². The van der Waals surface area contributed by atoms with E-state index in [1.54, 1.807) is 0 Å². The van der Waals surface area contributed by atoms with Gasteiger partial charge in [0.15, 0.2) is 0 Å². The van der Waals surface area contributed by atoms with Crippen LogP contribution in [0.5, 0.6) is 0 Å². The number of benzene rings is 1.